The van der Waals surface area contributed by atoms with Crippen molar-refractivity contribution in [1.82, 2.24) is 9.97 Å². The molecule has 0 aliphatic rings. The normalized spacial score (nSPS) is 11.1. The van der Waals surface area contributed by atoms with E-state index in [4.69, 9.17) is 0 Å². The van der Waals surface area contributed by atoms with Gasteiger partial charge in [0.05, 0.1) is 16.2 Å². The molecular weight excluding hydrogens is 278 g/mol. The van der Waals surface area contributed by atoms with Gasteiger partial charge < -0.3 is 0 Å². The summed E-state index contributed by atoms with van der Waals surface area (Å²) in [7, 11) is -3.47. The molecule has 104 valence electrons. The minimum absolute atomic E-state index is 0.0101. The second kappa shape index (κ2) is 5.79. The molecule has 0 unspecified atom stereocenters. The topological polar surface area (TPSA) is 89.0 Å². The van der Waals surface area contributed by atoms with Gasteiger partial charge in [0.1, 0.15) is 0 Å². The zero-order valence-corrected chi connectivity index (χ0v) is 11.6. The van der Waals surface area contributed by atoms with Crippen LogP contribution in [0.2, 0.25) is 0 Å². The van der Waals surface area contributed by atoms with Crippen LogP contribution in [0, 0.1) is 0 Å². The number of aromatic nitrogens is 2. The van der Waals surface area contributed by atoms with E-state index >= 15 is 0 Å². The van der Waals surface area contributed by atoms with Crippen LogP contribution in [0.4, 0.5) is 5.95 Å². The first-order valence-electron chi connectivity index (χ1n) is 5.94. The molecule has 0 radical (unpaired) electrons. The molecule has 0 fully saturated rings. The molecule has 0 atom stereocenters. The van der Waals surface area contributed by atoms with Crippen LogP contribution >= 0.6 is 0 Å². The molecule has 2 aromatic rings. The van der Waals surface area contributed by atoms with Gasteiger partial charge in [-0.15, -0.1) is 0 Å². The summed E-state index contributed by atoms with van der Waals surface area (Å²) in [6.07, 6.45) is 2.97. The monoisotopic (exact) mass is 291 g/mol. The molecular formula is C13H13N3O3S. The molecule has 0 aliphatic heterocycles. The Hall–Kier alpha value is -2.28. The number of carbonyl (C=O) groups excluding carboxylic acids is 1. The molecule has 1 N–H and O–H groups in total. The quantitative estimate of drug-likeness (QED) is 0.922. The fourth-order valence-corrected chi connectivity index (χ4v) is 2.71. The molecule has 1 amide bonds. The van der Waals surface area contributed by atoms with Gasteiger partial charge in [0.2, 0.25) is 5.95 Å². The fraction of sp³-hybridized carbons (Fsp3) is 0.154. The highest BCUT2D eigenvalue weighted by Crippen LogP contribution is 2.17. The van der Waals surface area contributed by atoms with Crippen molar-refractivity contribution >= 4 is 21.7 Å². The Bertz CT molecular complexity index is 715. The van der Waals surface area contributed by atoms with Crippen molar-refractivity contribution in [3.8, 4) is 0 Å². The Labute approximate surface area is 116 Å². The lowest BCUT2D eigenvalue weighted by Gasteiger charge is -2.08. The van der Waals surface area contributed by atoms with Crippen molar-refractivity contribution in [2.45, 2.75) is 11.8 Å². The first kappa shape index (κ1) is 14.1. The number of anilines is 1. The number of nitrogens with zero attached hydrogens (tertiary/aromatic N) is 2. The van der Waals surface area contributed by atoms with Crippen LogP contribution in [-0.2, 0) is 9.84 Å². The Morgan fingerprint density at radius 2 is 1.80 bits per heavy atom. The zero-order chi connectivity index (χ0) is 14.6. The van der Waals surface area contributed by atoms with E-state index in [-0.39, 0.29) is 22.2 Å². The van der Waals surface area contributed by atoms with Gasteiger partial charge in [-0.2, -0.15) is 0 Å². The van der Waals surface area contributed by atoms with Gasteiger partial charge in [0, 0.05) is 12.4 Å². The van der Waals surface area contributed by atoms with Crippen LogP contribution in [0.3, 0.4) is 0 Å². The van der Waals surface area contributed by atoms with Gasteiger partial charge in [0.15, 0.2) is 9.84 Å². The second-order valence-electron chi connectivity index (χ2n) is 3.93. The third-order valence-electron chi connectivity index (χ3n) is 2.64. The third-order valence-corrected chi connectivity index (χ3v) is 4.42. The number of hydrogen-bond donors (Lipinski definition) is 1. The van der Waals surface area contributed by atoms with E-state index in [9.17, 15) is 13.2 Å². The Kier molecular flexibility index (Phi) is 4.09. The maximum absolute atomic E-state index is 12.1. The van der Waals surface area contributed by atoms with Crippen molar-refractivity contribution in [2.24, 2.45) is 0 Å². The lowest BCUT2D eigenvalue weighted by molar-refractivity contribution is 0.102. The summed E-state index contributed by atoms with van der Waals surface area (Å²) in [5, 5.41) is 2.47. The summed E-state index contributed by atoms with van der Waals surface area (Å²) in [6, 6.07) is 7.68. The molecule has 0 bridgehead atoms. The lowest BCUT2D eigenvalue weighted by Crippen LogP contribution is -2.18. The summed E-state index contributed by atoms with van der Waals surface area (Å²) >= 11 is 0. The van der Waals surface area contributed by atoms with Crippen LogP contribution in [0.25, 0.3) is 0 Å². The molecule has 1 aromatic carbocycles. The summed E-state index contributed by atoms with van der Waals surface area (Å²) in [5.74, 6) is -0.496. The summed E-state index contributed by atoms with van der Waals surface area (Å²) in [4.78, 5) is 19.9. The Balaban J connectivity index is 2.36. The van der Waals surface area contributed by atoms with Gasteiger partial charge in [-0.25, -0.2) is 18.4 Å². The SMILES string of the molecule is CCS(=O)(=O)c1ccccc1C(=O)Nc1ncccn1. The Morgan fingerprint density at radius 1 is 1.15 bits per heavy atom. The molecule has 2 rings (SSSR count). The molecule has 1 aromatic heterocycles. The number of carbonyl (C=O) groups is 1. The summed E-state index contributed by atoms with van der Waals surface area (Å²) in [6.45, 7) is 1.53. The van der Waals surface area contributed by atoms with Gasteiger partial charge in [-0.3, -0.25) is 10.1 Å². The minimum Gasteiger partial charge on any atom is -0.290 e. The third kappa shape index (κ3) is 3.00. The van der Waals surface area contributed by atoms with Crippen LogP contribution in [0.5, 0.6) is 0 Å². The molecule has 0 saturated carbocycles. The molecule has 1 heterocycles. The smallest absolute Gasteiger partial charge is 0.259 e. The van der Waals surface area contributed by atoms with Gasteiger partial charge in [-0.1, -0.05) is 19.1 Å². The van der Waals surface area contributed by atoms with E-state index in [1.807, 2.05) is 0 Å². The highest BCUT2D eigenvalue weighted by atomic mass is 32.2. The van der Waals surface area contributed by atoms with Gasteiger partial charge in [0.25, 0.3) is 5.91 Å². The largest absolute Gasteiger partial charge is 0.290 e. The maximum atomic E-state index is 12.1. The van der Waals surface area contributed by atoms with Crippen LogP contribution in [0.15, 0.2) is 47.6 Å². The standard InChI is InChI=1S/C13H13N3O3S/c1-2-20(18,19)11-7-4-3-6-10(11)12(17)16-13-14-8-5-9-15-13/h3-9H,2H2,1H3,(H,14,15,16,17). The minimum atomic E-state index is -3.47. The molecule has 0 aliphatic carbocycles. The first-order chi connectivity index (χ1) is 9.54. The maximum Gasteiger partial charge on any atom is 0.259 e. The van der Waals surface area contributed by atoms with Crippen LogP contribution in [-0.4, -0.2) is 30.0 Å². The summed E-state index contributed by atoms with van der Waals surface area (Å²) < 4.78 is 23.9. The molecule has 6 nitrogen and oxygen atoms in total. The molecule has 0 spiro atoms. The van der Waals surface area contributed by atoms with E-state index < -0.39 is 15.7 Å². The van der Waals surface area contributed by atoms with Crippen molar-refractivity contribution in [3.63, 3.8) is 0 Å². The Morgan fingerprint density at radius 3 is 2.45 bits per heavy atom. The number of benzene rings is 1. The van der Waals surface area contributed by atoms with E-state index in [1.165, 1.54) is 31.5 Å². The number of sulfone groups is 1. The summed E-state index contributed by atoms with van der Waals surface area (Å²) in [5.41, 5.74) is 0.0850. The van der Waals surface area contributed by atoms with Gasteiger partial charge >= 0.3 is 0 Å². The van der Waals surface area contributed by atoms with E-state index in [1.54, 1.807) is 18.2 Å². The predicted octanol–water partition coefficient (Wildman–Crippen LogP) is 1.52. The number of amides is 1. The van der Waals surface area contributed by atoms with E-state index in [0.29, 0.717) is 0 Å². The zero-order valence-electron chi connectivity index (χ0n) is 10.8. The van der Waals surface area contributed by atoms with Crippen molar-refractivity contribution in [1.29, 1.82) is 0 Å². The number of nitrogens with one attached hydrogen (secondary N) is 1. The highest BCUT2D eigenvalue weighted by molar-refractivity contribution is 7.91. The van der Waals surface area contributed by atoms with E-state index in [2.05, 4.69) is 15.3 Å². The second-order valence-corrected chi connectivity index (χ2v) is 6.17. The van der Waals surface area contributed by atoms with Gasteiger partial charge in [-0.05, 0) is 18.2 Å². The van der Waals surface area contributed by atoms with Crippen LogP contribution in [0.1, 0.15) is 17.3 Å². The van der Waals surface area contributed by atoms with E-state index in [0.717, 1.165) is 0 Å². The first-order valence-corrected chi connectivity index (χ1v) is 7.60. The average molecular weight is 291 g/mol. The molecule has 20 heavy (non-hydrogen) atoms. The number of rotatable bonds is 4. The van der Waals surface area contributed by atoms with Crippen molar-refractivity contribution in [3.05, 3.63) is 48.3 Å². The molecule has 0 saturated heterocycles. The number of hydrogen-bond acceptors (Lipinski definition) is 5. The highest BCUT2D eigenvalue weighted by Gasteiger charge is 2.20. The molecule has 7 heteroatoms. The van der Waals surface area contributed by atoms with Crippen molar-refractivity contribution < 1.29 is 13.2 Å². The predicted molar refractivity (Wildman–Crippen MR) is 74.2 cm³/mol. The fourth-order valence-electron chi connectivity index (χ4n) is 1.61. The lowest BCUT2D eigenvalue weighted by atomic mass is 10.2. The van der Waals surface area contributed by atoms with Crippen LogP contribution < -0.4 is 5.32 Å². The van der Waals surface area contributed by atoms with Crippen molar-refractivity contribution in [2.75, 3.05) is 11.1 Å². The average Bonchev–Trinajstić information content (AvgIpc) is 2.48.